The van der Waals surface area contributed by atoms with Crippen molar-refractivity contribution in [2.75, 3.05) is 0 Å². The lowest BCUT2D eigenvalue weighted by Gasteiger charge is -2.10. The van der Waals surface area contributed by atoms with Gasteiger partial charge in [0, 0.05) is 42.3 Å². The summed E-state index contributed by atoms with van der Waals surface area (Å²) >= 11 is 1.72. The van der Waals surface area contributed by atoms with Crippen molar-refractivity contribution in [2.24, 2.45) is 0 Å². The predicted molar refractivity (Wildman–Crippen MR) is 168 cm³/mol. The highest BCUT2D eigenvalue weighted by atomic mass is 32.2. The number of fused-ring (bicyclic) bond motifs is 4. The molecule has 0 aliphatic heterocycles. The van der Waals surface area contributed by atoms with Crippen LogP contribution in [0.5, 0.6) is 0 Å². The van der Waals surface area contributed by atoms with Gasteiger partial charge in [-0.25, -0.2) is 0 Å². The smallest absolute Gasteiger partial charge is 0.204 e. The van der Waals surface area contributed by atoms with E-state index in [0.717, 1.165) is 70.9 Å². The Bertz CT molecular complexity index is 2010. The zero-order valence-electron chi connectivity index (χ0n) is 22.3. The van der Waals surface area contributed by atoms with Crippen LogP contribution >= 0.6 is 21.8 Å². The van der Waals surface area contributed by atoms with E-state index in [4.69, 9.17) is 0 Å². The van der Waals surface area contributed by atoms with Crippen molar-refractivity contribution >= 4 is 62.2 Å². The van der Waals surface area contributed by atoms with Gasteiger partial charge in [0.05, 0.1) is 10.8 Å². The molecule has 0 radical (unpaired) electrons. The van der Waals surface area contributed by atoms with Crippen molar-refractivity contribution in [2.45, 2.75) is 53.4 Å². The van der Waals surface area contributed by atoms with Crippen molar-refractivity contribution in [3.05, 3.63) is 109 Å². The lowest BCUT2D eigenvalue weighted by atomic mass is 10.0. The third kappa shape index (κ3) is 3.81. The second-order valence-electron chi connectivity index (χ2n) is 9.90. The molecule has 0 bridgehead atoms. The maximum atomic E-state index is 14.0. The largest absolute Gasteiger partial charge is 0.288 e. The number of benzene rings is 4. The Morgan fingerprint density at radius 2 is 1.29 bits per heavy atom. The molecule has 6 rings (SSSR count). The van der Waals surface area contributed by atoms with Gasteiger partial charge >= 0.3 is 0 Å². The van der Waals surface area contributed by atoms with E-state index in [2.05, 4.69) is 76.2 Å². The molecule has 2 aromatic heterocycles. The molecule has 0 saturated heterocycles. The highest BCUT2D eigenvalue weighted by Crippen LogP contribution is 2.46. The summed E-state index contributed by atoms with van der Waals surface area (Å²) in [6.07, 6.45) is 3.58. The van der Waals surface area contributed by atoms with Crippen LogP contribution in [0.3, 0.4) is 0 Å². The van der Waals surface area contributed by atoms with Crippen LogP contribution in [0.15, 0.2) is 76.3 Å². The van der Waals surface area contributed by atoms with E-state index in [1.165, 1.54) is 22.3 Å². The molecule has 0 fully saturated rings. The Balaban J connectivity index is 1.76. The maximum absolute atomic E-state index is 14.0. The first-order chi connectivity index (χ1) is 18.5. The van der Waals surface area contributed by atoms with Gasteiger partial charge in [-0.05, 0) is 78.8 Å². The van der Waals surface area contributed by atoms with Crippen LogP contribution in [-0.4, -0.2) is 0 Å². The Morgan fingerprint density at radius 1 is 0.632 bits per heavy atom. The van der Waals surface area contributed by atoms with Crippen LogP contribution in [-0.2, 0) is 25.7 Å². The van der Waals surface area contributed by atoms with E-state index in [1.54, 1.807) is 11.3 Å². The first-order valence-corrected chi connectivity index (χ1v) is 15.6. The molecule has 2 nitrogen and oxygen atoms in total. The van der Waals surface area contributed by atoms with Crippen LogP contribution in [0.2, 0.25) is 0 Å². The normalized spacial score (nSPS) is 12.3. The topological polar surface area (TPSA) is 34.1 Å². The quantitative estimate of drug-likeness (QED) is 0.163. The monoisotopic (exact) mass is 535 g/mol. The molecule has 6 aromatic rings. The van der Waals surface area contributed by atoms with Crippen LogP contribution in [0.4, 0.5) is 0 Å². The van der Waals surface area contributed by atoms with Gasteiger partial charge < -0.3 is 0 Å². The van der Waals surface area contributed by atoms with Gasteiger partial charge in [-0.1, -0.05) is 52.0 Å². The maximum Gasteiger partial charge on any atom is 0.204 e. The predicted octanol–water partition coefficient (Wildman–Crippen LogP) is 9.07. The molecule has 4 aromatic carbocycles. The lowest BCUT2D eigenvalue weighted by molar-refractivity contribution is 1.10. The third-order valence-electron chi connectivity index (χ3n) is 7.72. The van der Waals surface area contributed by atoms with Crippen LogP contribution in [0, 0.1) is 0 Å². The molecule has 0 amide bonds. The summed E-state index contributed by atoms with van der Waals surface area (Å²) in [6, 6.07) is 23.2. The van der Waals surface area contributed by atoms with Crippen molar-refractivity contribution in [1.29, 1.82) is 0 Å². The minimum atomic E-state index is -0.465. The SMILES string of the molecule is CCc1cc(CC)c2sc3ccc(-[s+]4c5ccccc5c(=O)c5cc(CC)cc(CC)c54)cc3c(=O)c2c1. The molecule has 0 spiro atoms. The zero-order valence-corrected chi connectivity index (χ0v) is 23.9. The molecule has 2 heterocycles. The molecule has 0 saturated carbocycles. The Labute approximate surface area is 229 Å². The third-order valence-corrected chi connectivity index (χ3v) is 11.4. The fourth-order valence-electron chi connectivity index (χ4n) is 5.63. The molecule has 190 valence electrons. The summed E-state index contributed by atoms with van der Waals surface area (Å²) in [5.41, 5.74) is 5.12. The van der Waals surface area contributed by atoms with Crippen molar-refractivity contribution in [3.63, 3.8) is 0 Å². The van der Waals surface area contributed by atoms with E-state index < -0.39 is 10.5 Å². The molecule has 0 aliphatic carbocycles. The minimum absolute atomic E-state index is 0.113. The number of rotatable bonds is 5. The van der Waals surface area contributed by atoms with Crippen molar-refractivity contribution in [3.8, 4) is 4.90 Å². The van der Waals surface area contributed by atoms with Gasteiger partial charge in [-0.3, -0.25) is 9.59 Å². The summed E-state index contributed by atoms with van der Waals surface area (Å²) in [6.45, 7) is 8.61. The first kappa shape index (κ1) is 25.0. The molecule has 38 heavy (non-hydrogen) atoms. The molecule has 4 heteroatoms. The first-order valence-electron chi connectivity index (χ1n) is 13.5. The molecule has 1 unspecified atom stereocenters. The molecular formula is C34H31O2S2+. The van der Waals surface area contributed by atoms with Gasteiger partial charge in [-0.2, -0.15) is 0 Å². The molecule has 0 N–H and O–H groups in total. The number of hydrogen-bond acceptors (Lipinski definition) is 3. The number of aryl methyl sites for hydroxylation is 4. The van der Waals surface area contributed by atoms with Gasteiger partial charge in [0.25, 0.3) is 0 Å². The van der Waals surface area contributed by atoms with Crippen molar-refractivity contribution in [1.82, 2.24) is 0 Å². The molecule has 1 atom stereocenters. The Morgan fingerprint density at radius 3 is 2.00 bits per heavy atom. The molecular weight excluding hydrogens is 505 g/mol. The standard InChI is InChI=1S/C34H31O2S2/c1-5-20-15-22(7-3)33-27(17-20)32(36)26-19-24(13-14-29(26)37-33)38-30-12-10-9-11-25(30)31(35)28-18-21(6-2)16-23(8-4)34(28)38/h9-19H,5-8H2,1-4H3/q+1. The van der Waals surface area contributed by atoms with Gasteiger partial charge in [-0.15, -0.1) is 11.3 Å². The highest BCUT2D eigenvalue weighted by molar-refractivity contribution is 7.49. The summed E-state index contributed by atoms with van der Waals surface area (Å²) in [5, 5.41) is 3.22. The summed E-state index contributed by atoms with van der Waals surface area (Å²) in [4.78, 5) is 28.8. The van der Waals surface area contributed by atoms with Crippen molar-refractivity contribution < 1.29 is 0 Å². The highest BCUT2D eigenvalue weighted by Gasteiger charge is 2.26. The second kappa shape index (κ2) is 9.76. The van der Waals surface area contributed by atoms with Crippen LogP contribution < -0.4 is 10.9 Å². The van der Waals surface area contributed by atoms with E-state index in [1.807, 2.05) is 18.2 Å². The average Bonchev–Trinajstić information content (AvgIpc) is 2.96. The fraction of sp³-hybridized carbons (Fsp3) is 0.235. The van der Waals surface area contributed by atoms with E-state index in [9.17, 15) is 9.59 Å². The van der Waals surface area contributed by atoms with E-state index >= 15 is 0 Å². The minimum Gasteiger partial charge on any atom is -0.288 e. The van der Waals surface area contributed by atoms with Crippen LogP contribution in [0.25, 0.3) is 45.2 Å². The number of hydrogen-bond donors (Lipinski definition) is 0. The van der Waals surface area contributed by atoms with Crippen LogP contribution in [0.1, 0.15) is 49.9 Å². The van der Waals surface area contributed by atoms with E-state index in [0.29, 0.717) is 0 Å². The summed E-state index contributed by atoms with van der Waals surface area (Å²) < 4.78 is 4.32. The summed E-state index contributed by atoms with van der Waals surface area (Å²) in [7, 11) is -0.465. The van der Waals surface area contributed by atoms with E-state index in [-0.39, 0.29) is 10.9 Å². The lowest BCUT2D eigenvalue weighted by Crippen LogP contribution is -2.05. The fourth-order valence-corrected chi connectivity index (χ4v) is 9.43. The molecule has 0 aliphatic rings. The Hall–Kier alpha value is -3.34. The van der Waals surface area contributed by atoms with Gasteiger partial charge in [0.15, 0.2) is 19.7 Å². The Kier molecular flexibility index (Phi) is 6.41. The summed E-state index contributed by atoms with van der Waals surface area (Å²) in [5.74, 6) is 0. The second-order valence-corrected chi connectivity index (χ2v) is 12.9. The average molecular weight is 536 g/mol. The zero-order chi connectivity index (χ0) is 26.6. The van der Waals surface area contributed by atoms with Gasteiger partial charge in [0.2, 0.25) is 5.43 Å². The van der Waals surface area contributed by atoms with Gasteiger partial charge in [0.1, 0.15) is 0 Å².